The number of nitrogens with two attached hydrogens (primary N) is 1. The molecule has 0 spiro atoms. The molecular weight excluding hydrogens is 364 g/mol. The van der Waals surface area contributed by atoms with Crippen molar-refractivity contribution in [2.75, 3.05) is 0 Å². The summed E-state index contributed by atoms with van der Waals surface area (Å²) in [5, 5.41) is 11.2. The van der Waals surface area contributed by atoms with Crippen LogP contribution in [0, 0.1) is 5.41 Å². The number of nitrogens with zero attached hydrogens (tertiary/aromatic N) is 2. The fourth-order valence-electron chi connectivity index (χ4n) is 3.75. The quantitative estimate of drug-likeness (QED) is 0.307. The van der Waals surface area contributed by atoms with Gasteiger partial charge in [0.25, 0.3) is 0 Å². The molecule has 1 atom stereocenters. The van der Waals surface area contributed by atoms with Gasteiger partial charge in [-0.05, 0) is 23.8 Å². The third kappa shape index (κ3) is 3.12. The second-order valence-corrected chi connectivity index (χ2v) is 6.78. The molecular formula is C22H20N6O. The van der Waals surface area contributed by atoms with Crippen LogP contribution in [-0.4, -0.2) is 34.1 Å². The van der Waals surface area contributed by atoms with Crippen molar-refractivity contribution in [2.24, 2.45) is 10.7 Å². The van der Waals surface area contributed by atoms with Crippen LogP contribution in [0.15, 0.2) is 60.8 Å². The van der Waals surface area contributed by atoms with E-state index in [0.717, 1.165) is 45.2 Å². The lowest BCUT2D eigenvalue weighted by atomic mass is 9.96. The van der Waals surface area contributed by atoms with E-state index in [1.165, 1.54) is 6.08 Å². The third-order valence-corrected chi connectivity index (χ3v) is 5.07. The number of aromatic nitrogens is 2. The van der Waals surface area contributed by atoms with Gasteiger partial charge in [-0.1, -0.05) is 31.4 Å². The maximum absolute atomic E-state index is 11.8. The minimum Gasteiger partial charge on any atom is -0.382 e. The Morgan fingerprint density at radius 2 is 2.17 bits per heavy atom. The highest BCUT2D eigenvalue weighted by atomic mass is 16.1. The average molecular weight is 384 g/mol. The molecule has 1 unspecified atom stereocenters. The first kappa shape index (κ1) is 18.4. The van der Waals surface area contributed by atoms with Crippen molar-refractivity contribution in [3.05, 3.63) is 72.7 Å². The van der Waals surface area contributed by atoms with Crippen molar-refractivity contribution in [1.29, 1.82) is 5.41 Å². The number of rotatable bonds is 5. The van der Waals surface area contributed by atoms with Gasteiger partial charge in [-0.3, -0.25) is 15.2 Å². The molecule has 5 N–H and O–H groups in total. The van der Waals surface area contributed by atoms with E-state index in [1.807, 2.05) is 30.3 Å². The fraction of sp³-hybridized carbons (Fsp3) is 0.0909. The van der Waals surface area contributed by atoms with Crippen LogP contribution >= 0.6 is 0 Å². The highest BCUT2D eigenvalue weighted by molar-refractivity contribution is 6.08. The molecule has 2 heterocycles. The zero-order valence-electron chi connectivity index (χ0n) is 15.7. The number of amidine groups is 1. The molecule has 0 saturated heterocycles. The molecule has 0 bridgehead atoms. The largest absolute Gasteiger partial charge is 0.382 e. The number of para-hydroxylation sites is 1. The molecule has 0 radical (unpaired) electrons. The summed E-state index contributed by atoms with van der Waals surface area (Å²) in [4.78, 5) is 23.6. The van der Waals surface area contributed by atoms with Crippen LogP contribution in [0.2, 0.25) is 0 Å². The molecule has 0 saturated carbocycles. The molecule has 3 aromatic rings. The van der Waals surface area contributed by atoms with Gasteiger partial charge in [-0.25, -0.2) is 4.99 Å². The molecule has 1 aliphatic carbocycles. The number of H-pyrrole nitrogens is 1. The lowest BCUT2D eigenvalue weighted by Gasteiger charge is -2.15. The van der Waals surface area contributed by atoms with Gasteiger partial charge >= 0.3 is 0 Å². The van der Waals surface area contributed by atoms with E-state index in [2.05, 4.69) is 33.4 Å². The first-order chi connectivity index (χ1) is 14.0. The van der Waals surface area contributed by atoms with Crippen LogP contribution in [0.4, 0.5) is 0 Å². The number of pyridine rings is 1. The van der Waals surface area contributed by atoms with E-state index >= 15 is 0 Å². The topological polar surface area (TPSA) is 120 Å². The Hall–Kier alpha value is -4.00. The molecule has 7 nitrogen and oxygen atoms in total. The van der Waals surface area contributed by atoms with Gasteiger partial charge in [0.15, 0.2) is 0 Å². The number of aliphatic imine (C=N–C) groups is 1. The maximum Gasteiger partial charge on any atom is 0.243 e. The Bertz CT molecular complexity index is 1200. The SMILES string of the molecule is C=CC(=O)NC1Cc2[nH]c(/C(N)=N\C=N)c(-c3cnc4ccccc4c3)c2C1=C. The van der Waals surface area contributed by atoms with Gasteiger partial charge in [0.2, 0.25) is 5.91 Å². The minimum atomic E-state index is -0.250. The summed E-state index contributed by atoms with van der Waals surface area (Å²) < 4.78 is 0. The molecule has 1 amide bonds. The predicted molar refractivity (Wildman–Crippen MR) is 116 cm³/mol. The van der Waals surface area contributed by atoms with Gasteiger partial charge in [0.1, 0.15) is 12.2 Å². The summed E-state index contributed by atoms with van der Waals surface area (Å²) in [6.45, 7) is 7.72. The average Bonchev–Trinajstić information content (AvgIpc) is 3.24. The van der Waals surface area contributed by atoms with Crippen molar-refractivity contribution in [3.8, 4) is 11.1 Å². The molecule has 2 aromatic heterocycles. The highest BCUT2D eigenvalue weighted by Crippen LogP contribution is 2.41. The van der Waals surface area contributed by atoms with Gasteiger partial charge < -0.3 is 16.0 Å². The molecule has 29 heavy (non-hydrogen) atoms. The van der Waals surface area contributed by atoms with Gasteiger partial charge in [0, 0.05) is 40.4 Å². The number of carbonyl (C=O) groups excluding carboxylic acids is 1. The van der Waals surface area contributed by atoms with Crippen LogP contribution in [0.25, 0.3) is 27.6 Å². The number of amides is 1. The number of carbonyl (C=O) groups is 1. The lowest BCUT2D eigenvalue weighted by molar-refractivity contribution is -0.116. The Labute approximate surface area is 167 Å². The first-order valence-electron chi connectivity index (χ1n) is 9.08. The minimum absolute atomic E-state index is 0.206. The molecule has 144 valence electrons. The highest BCUT2D eigenvalue weighted by Gasteiger charge is 2.33. The van der Waals surface area contributed by atoms with Crippen molar-refractivity contribution in [3.63, 3.8) is 0 Å². The predicted octanol–water partition coefficient (Wildman–Crippen LogP) is 2.78. The van der Waals surface area contributed by atoms with E-state index in [9.17, 15) is 4.79 Å². The van der Waals surface area contributed by atoms with E-state index in [4.69, 9.17) is 11.1 Å². The first-order valence-corrected chi connectivity index (χ1v) is 9.08. The van der Waals surface area contributed by atoms with Crippen LogP contribution in [0.3, 0.4) is 0 Å². The summed E-state index contributed by atoms with van der Waals surface area (Å²) in [5.41, 5.74) is 11.9. The van der Waals surface area contributed by atoms with E-state index in [-0.39, 0.29) is 17.8 Å². The van der Waals surface area contributed by atoms with Gasteiger partial charge in [0.05, 0.1) is 17.3 Å². The molecule has 1 aliphatic rings. The second-order valence-electron chi connectivity index (χ2n) is 6.78. The summed E-state index contributed by atoms with van der Waals surface area (Å²) in [6.07, 6.45) is 4.50. The number of hydrogen-bond acceptors (Lipinski definition) is 3. The zero-order chi connectivity index (χ0) is 20.5. The van der Waals surface area contributed by atoms with Crippen LogP contribution < -0.4 is 11.1 Å². The fourth-order valence-corrected chi connectivity index (χ4v) is 3.75. The van der Waals surface area contributed by atoms with Crippen LogP contribution in [-0.2, 0) is 11.2 Å². The number of benzene rings is 1. The monoisotopic (exact) mass is 384 g/mol. The van der Waals surface area contributed by atoms with Crippen LogP contribution in [0.1, 0.15) is 17.0 Å². The summed E-state index contributed by atoms with van der Waals surface area (Å²) in [7, 11) is 0. The number of nitrogens with one attached hydrogen (secondary N) is 3. The Morgan fingerprint density at radius 1 is 1.38 bits per heavy atom. The van der Waals surface area contributed by atoms with Crippen molar-refractivity contribution >= 4 is 34.6 Å². The second kappa shape index (κ2) is 7.20. The standard InChI is InChI=1S/C22H20N6O/c1-3-18(29)27-16-9-17-19(12(16)2)20(21(28-17)22(24)26-11-23)14-8-13-6-4-5-7-15(13)25-10-14/h3-8,10-11,16,28H,1-2,9H2,(H,27,29)(H3,23,24,26). The molecule has 0 aliphatic heterocycles. The molecule has 7 heteroatoms. The normalized spacial score (nSPS) is 15.9. The van der Waals surface area contributed by atoms with Gasteiger partial charge in [-0.15, -0.1) is 0 Å². The number of aromatic amines is 1. The summed E-state index contributed by atoms with van der Waals surface area (Å²) >= 11 is 0. The van der Waals surface area contributed by atoms with Crippen molar-refractivity contribution in [1.82, 2.24) is 15.3 Å². The van der Waals surface area contributed by atoms with Crippen molar-refractivity contribution < 1.29 is 4.79 Å². The van der Waals surface area contributed by atoms with E-state index < -0.39 is 0 Å². The molecule has 1 aromatic carbocycles. The maximum atomic E-state index is 11.8. The van der Waals surface area contributed by atoms with Crippen LogP contribution in [0.5, 0.6) is 0 Å². The number of hydrogen-bond donors (Lipinski definition) is 4. The zero-order valence-corrected chi connectivity index (χ0v) is 15.7. The molecule has 0 fully saturated rings. The van der Waals surface area contributed by atoms with E-state index in [0.29, 0.717) is 12.1 Å². The number of fused-ring (bicyclic) bond motifs is 2. The van der Waals surface area contributed by atoms with Gasteiger partial charge in [-0.2, -0.15) is 0 Å². The third-order valence-electron chi connectivity index (χ3n) is 5.07. The Kier molecular flexibility index (Phi) is 4.56. The smallest absolute Gasteiger partial charge is 0.243 e. The molecule has 4 rings (SSSR count). The lowest BCUT2D eigenvalue weighted by Crippen LogP contribution is -2.33. The van der Waals surface area contributed by atoms with Crippen molar-refractivity contribution in [2.45, 2.75) is 12.5 Å². The Morgan fingerprint density at radius 3 is 2.93 bits per heavy atom. The Balaban J connectivity index is 1.89. The summed E-state index contributed by atoms with van der Waals surface area (Å²) in [5.74, 6) is -0.0441. The van der Waals surface area contributed by atoms with E-state index in [1.54, 1.807) is 6.20 Å². The summed E-state index contributed by atoms with van der Waals surface area (Å²) in [6, 6.07) is 9.65.